The van der Waals surface area contributed by atoms with E-state index in [1.807, 2.05) is 13.8 Å². The van der Waals surface area contributed by atoms with Crippen molar-refractivity contribution in [1.82, 2.24) is 4.98 Å². The van der Waals surface area contributed by atoms with E-state index in [4.69, 9.17) is 16.3 Å². The van der Waals surface area contributed by atoms with Crippen molar-refractivity contribution in [2.75, 3.05) is 11.9 Å². The lowest BCUT2D eigenvalue weighted by Crippen LogP contribution is -2.12. The minimum absolute atomic E-state index is 0.223. The van der Waals surface area contributed by atoms with Crippen molar-refractivity contribution in [3.05, 3.63) is 22.8 Å². The SMILES string of the molecule is CCOC(=O)c1cc(Cl)nc(NC(C)C)c1. The normalized spacial score (nSPS) is 10.3. The predicted molar refractivity (Wildman–Crippen MR) is 64.0 cm³/mol. The van der Waals surface area contributed by atoms with Crippen molar-refractivity contribution >= 4 is 23.4 Å². The third-order valence-corrected chi connectivity index (χ3v) is 1.94. The summed E-state index contributed by atoms with van der Waals surface area (Å²) in [6, 6.07) is 3.34. The molecule has 1 N–H and O–H groups in total. The number of halogens is 1. The van der Waals surface area contributed by atoms with Gasteiger partial charge in [-0.25, -0.2) is 9.78 Å². The summed E-state index contributed by atoms with van der Waals surface area (Å²) >= 11 is 5.82. The molecule has 1 heterocycles. The Morgan fingerprint density at radius 1 is 1.56 bits per heavy atom. The molecule has 0 aliphatic carbocycles. The van der Waals surface area contributed by atoms with Gasteiger partial charge in [-0.3, -0.25) is 0 Å². The first kappa shape index (κ1) is 12.8. The molecule has 0 radical (unpaired) electrons. The molecule has 16 heavy (non-hydrogen) atoms. The van der Waals surface area contributed by atoms with E-state index in [9.17, 15) is 4.79 Å². The summed E-state index contributed by atoms with van der Waals surface area (Å²) in [5, 5.41) is 3.35. The third kappa shape index (κ3) is 3.70. The lowest BCUT2D eigenvalue weighted by molar-refractivity contribution is 0.0526. The van der Waals surface area contributed by atoms with Crippen LogP contribution in [0.3, 0.4) is 0 Å². The van der Waals surface area contributed by atoms with Crippen LogP contribution in [0, 0.1) is 0 Å². The summed E-state index contributed by atoms with van der Waals surface area (Å²) in [5.41, 5.74) is 0.407. The maximum absolute atomic E-state index is 11.5. The molecule has 0 aliphatic rings. The van der Waals surface area contributed by atoms with E-state index in [-0.39, 0.29) is 11.2 Å². The minimum atomic E-state index is -0.390. The Hall–Kier alpha value is -1.29. The van der Waals surface area contributed by atoms with Crippen LogP contribution in [0.4, 0.5) is 5.82 Å². The van der Waals surface area contributed by atoms with Gasteiger partial charge in [0.1, 0.15) is 11.0 Å². The molecule has 4 nitrogen and oxygen atoms in total. The monoisotopic (exact) mass is 242 g/mol. The number of carbonyl (C=O) groups excluding carboxylic acids is 1. The molecular weight excluding hydrogens is 228 g/mol. The molecule has 0 aromatic carbocycles. The van der Waals surface area contributed by atoms with Gasteiger partial charge in [0.2, 0.25) is 0 Å². The molecule has 0 saturated carbocycles. The van der Waals surface area contributed by atoms with Crippen LogP contribution in [0.2, 0.25) is 5.15 Å². The molecule has 0 unspecified atom stereocenters. The second kappa shape index (κ2) is 5.70. The highest BCUT2D eigenvalue weighted by atomic mass is 35.5. The molecular formula is C11H15ClN2O2. The number of nitrogens with one attached hydrogen (secondary N) is 1. The molecule has 0 fully saturated rings. The molecule has 0 spiro atoms. The third-order valence-electron chi connectivity index (χ3n) is 1.74. The van der Waals surface area contributed by atoms with Crippen molar-refractivity contribution in [2.45, 2.75) is 26.8 Å². The van der Waals surface area contributed by atoms with Crippen LogP contribution in [-0.4, -0.2) is 23.6 Å². The van der Waals surface area contributed by atoms with Gasteiger partial charge in [-0.2, -0.15) is 0 Å². The van der Waals surface area contributed by atoms with Gasteiger partial charge >= 0.3 is 5.97 Å². The predicted octanol–water partition coefficient (Wildman–Crippen LogP) is 2.73. The number of hydrogen-bond acceptors (Lipinski definition) is 4. The van der Waals surface area contributed by atoms with E-state index in [2.05, 4.69) is 10.3 Å². The van der Waals surface area contributed by atoms with Crippen LogP contribution < -0.4 is 5.32 Å². The molecule has 0 bridgehead atoms. The molecule has 0 amide bonds. The van der Waals surface area contributed by atoms with Crippen molar-refractivity contribution < 1.29 is 9.53 Å². The zero-order chi connectivity index (χ0) is 12.1. The number of carbonyl (C=O) groups is 1. The quantitative estimate of drug-likeness (QED) is 0.652. The van der Waals surface area contributed by atoms with Crippen molar-refractivity contribution in [3.8, 4) is 0 Å². The fraction of sp³-hybridized carbons (Fsp3) is 0.455. The van der Waals surface area contributed by atoms with Crippen LogP contribution in [0.1, 0.15) is 31.1 Å². The number of anilines is 1. The number of esters is 1. The van der Waals surface area contributed by atoms with Gasteiger partial charge in [-0.1, -0.05) is 11.6 Å². The minimum Gasteiger partial charge on any atom is -0.462 e. The highest BCUT2D eigenvalue weighted by Crippen LogP contribution is 2.16. The number of hydrogen-bond donors (Lipinski definition) is 1. The summed E-state index contributed by atoms with van der Waals surface area (Å²) in [6.07, 6.45) is 0. The van der Waals surface area contributed by atoms with Crippen LogP contribution in [0.25, 0.3) is 0 Å². The van der Waals surface area contributed by atoms with Gasteiger partial charge in [-0.15, -0.1) is 0 Å². The van der Waals surface area contributed by atoms with Crippen LogP contribution in [0.15, 0.2) is 12.1 Å². The molecule has 5 heteroatoms. The van der Waals surface area contributed by atoms with Crippen molar-refractivity contribution in [1.29, 1.82) is 0 Å². The molecule has 0 aliphatic heterocycles. The second-order valence-electron chi connectivity index (χ2n) is 3.58. The van der Waals surface area contributed by atoms with Crippen molar-refractivity contribution in [3.63, 3.8) is 0 Å². The summed E-state index contributed by atoms with van der Waals surface area (Å²) < 4.78 is 4.89. The van der Waals surface area contributed by atoms with E-state index in [1.54, 1.807) is 13.0 Å². The first-order chi connectivity index (χ1) is 7.52. The van der Waals surface area contributed by atoms with Gasteiger partial charge in [0.25, 0.3) is 0 Å². The Kier molecular flexibility index (Phi) is 4.55. The number of rotatable bonds is 4. The van der Waals surface area contributed by atoms with Gasteiger partial charge in [-0.05, 0) is 32.9 Å². The number of ether oxygens (including phenoxy) is 1. The highest BCUT2D eigenvalue weighted by molar-refractivity contribution is 6.29. The zero-order valence-corrected chi connectivity index (χ0v) is 10.3. The molecule has 1 aromatic rings. The van der Waals surface area contributed by atoms with Crippen LogP contribution in [0.5, 0.6) is 0 Å². The van der Waals surface area contributed by atoms with E-state index in [0.717, 1.165) is 0 Å². The van der Waals surface area contributed by atoms with E-state index >= 15 is 0 Å². The highest BCUT2D eigenvalue weighted by Gasteiger charge is 2.10. The topological polar surface area (TPSA) is 51.2 Å². The maximum atomic E-state index is 11.5. The van der Waals surface area contributed by atoms with Crippen LogP contribution in [-0.2, 0) is 4.74 Å². The molecule has 1 aromatic heterocycles. The summed E-state index contributed by atoms with van der Waals surface area (Å²) in [4.78, 5) is 15.6. The second-order valence-corrected chi connectivity index (χ2v) is 3.97. The maximum Gasteiger partial charge on any atom is 0.338 e. The Bertz CT molecular complexity index is 380. The fourth-order valence-corrected chi connectivity index (χ4v) is 1.41. The van der Waals surface area contributed by atoms with E-state index < -0.39 is 5.97 Å². The van der Waals surface area contributed by atoms with E-state index in [0.29, 0.717) is 18.0 Å². The first-order valence-corrected chi connectivity index (χ1v) is 5.52. The Balaban J connectivity index is 2.93. The number of nitrogens with zero attached hydrogens (tertiary/aromatic N) is 1. The van der Waals surface area contributed by atoms with Gasteiger partial charge in [0.15, 0.2) is 0 Å². The average molecular weight is 243 g/mol. The lowest BCUT2D eigenvalue weighted by atomic mass is 10.2. The molecule has 88 valence electrons. The lowest BCUT2D eigenvalue weighted by Gasteiger charge is -2.10. The molecule has 0 atom stereocenters. The van der Waals surface area contributed by atoms with Gasteiger partial charge < -0.3 is 10.1 Å². The Labute approximate surface area is 100.0 Å². The van der Waals surface area contributed by atoms with Gasteiger partial charge in [0.05, 0.1) is 12.2 Å². The first-order valence-electron chi connectivity index (χ1n) is 5.14. The number of pyridine rings is 1. The van der Waals surface area contributed by atoms with E-state index in [1.165, 1.54) is 6.07 Å². The fourth-order valence-electron chi connectivity index (χ4n) is 1.20. The summed E-state index contributed by atoms with van der Waals surface area (Å²) in [5.74, 6) is 0.184. The van der Waals surface area contributed by atoms with Gasteiger partial charge in [0, 0.05) is 6.04 Å². The van der Waals surface area contributed by atoms with Crippen LogP contribution >= 0.6 is 11.6 Å². The summed E-state index contributed by atoms with van der Waals surface area (Å²) in [7, 11) is 0. The average Bonchev–Trinajstić information content (AvgIpc) is 2.15. The molecule has 0 saturated heterocycles. The standard InChI is InChI=1S/C11H15ClN2O2/c1-4-16-11(15)8-5-9(12)14-10(6-8)13-7(2)3/h5-7H,4H2,1-3H3,(H,13,14). The Morgan fingerprint density at radius 2 is 2.25 bits per heavy atom. The Morgan fingerprint density at radius 3 is 2.81 bits per heavy atom. The number of aromatic nitrogens is 1. The summed E-state index contributed by atoms with van der Waals surface area (Å²) in [6.45, 7) is 6.05. The smallest absolute Gasteiger partial charge is 0.338 e. The zero-order valence-electron chi connectivity index (χ0n) is 9.58. The molecule has 1 rings (SSSR count). The largest absolute Gasteiger partial charge is 0.462 e. The van der Waals surface area contributed by atoms with Crippen molar-refractivity contribution in [2.24, 2.45) is 0 Å².